The van der Waals surface area contributed by atoms with Crippen molar-refractivity contribution in [2.24, 2.45) is 0 Å². The van der Waals surface area contributed by atoms with Gasteiger partial charge in [-0.25, -0.2) is 4.98 Å². The number of hydrogen-bond donors (Lipinski definition) is 3. The number of nitrogens with zero attached hydrogens (tertiary/aromatic N) is 2. The van der Waals surface area contributed by atoms with Crippen LogP contribution in [-0.4, -0.2) is 32.8 Å². The fraction of sp³-hybridized carbons (Fsp3) is 0.214. The van der Waals surface area contributed by atoms with Crippen molar-refractivity contribution < 1.29 is 9.90 Å². The van der Waals surface area contributed by atoms with Crippen LogP contribution in [0.4, 0.5) is 0 Å². The van der Waals surface area contributed by atoms with Gasteiger partial charge in [0.15, 0.2) is 0 Å². The summed E-state index contributed by atoms with van der Waals surface area (Å²) in [7, 11) is 0. The van der Waals surface area contributed by atoms with Crippen molar-refractivity contribution in [2.75, 3.05) is 6.61 Å². The van der Waals surface area contributed by atoms with Crippen molar-refractivity contribution in [1.82, 2.24) is 20.5 Å². The Morgan fingerprint density at radius 3 is 2.95 bits per heavy atom. The number of nitrogens with one attached hydrogen (secondary N) is 2. The first kappa shape index (κ1) is 13.8. The molecular weight excluding hydrogens is 256 g/mol. The lowest BCUT2D eigenvalue weighted by Crippen LogP contribution is -2.23. The van der Waals surface area contributed by atoms with E-state index in [1.54, 1.807) is 24.5 Å². The van der Waals surface area contributed by atoms with E-state index in [4.69, 9.17) is 5.11 Å². The molecule has 2 aromatic heterocycles. The van der Waals surface area contributed by atoms with Gasteiger partial charge in [0.2, 0.25) is 0 Å². The maximum absolute atomic E-state index is 11.8. The molecule has 6 nitrogen and oxygen atoms in total. The molecule has 6 heteroatoms. The van der Waals surface area contributed by atoms with E-state index in [2.05, 4.69) is 32.3 Å². The van der Waals surface area contributed by atoms with Crippen molar-refractivity contribution >= 4 is 5.91 Å². The van der Waals surface area contributed by atoms with Crippen molar-refractivity contribution in [3.63, 3.8) is 0 Å². The summed E-state index contributed by atoms with van der Waals surface area (Å²) in [6.45, 7) is 0.435. The highest BCUT2D eigenvalue weighted by molar-refractivity contribution is 5.92. The van der Waals surface area contributed by atoms with Crippen LogP contribution in [0.3, 0.4) is 0 Å². The first-order chi connectivity index (χ1) is 9.79. The number of carbonyl (C=O) groups is 1. The SMILES string of the molecule is O=C(NCc1cn[nH]c1)c1ccc(C#CCCO)cn1. The Hall–Kier alpha value is -2.65. The molecule has 2 aromatic rings. The summed E-state index contributed by atoms with van der Waals surface area (Å²) in [4.78, 5) is 15.9. The van der Waals surface area contributed by atoms with Gasteiger partial charge in [-0.1, -0.05) is 11.8 Å². The Kier molecular flexibility index (Phi) is 4.87. The summed E-state index contributed by atoms with van der Waals surface area (Å²) < 4.78 is 0. The summed E-state index contributed by atoms with van der Waals surface area (Å²) in [5.74, 6) is 5.39. The van der Waals surface area contributed by atoms with Crippen LogP contribution in [0, 0.1) is 11.8 Å². The van der Waals surface area contributed by atoms with Gasteiger partial charge < -0.3 is 10.4 Å². The summed E-state index contributed by atoms with van der Waals surface area (Å²) in [5.41, 5.74) is 1.94. The maximum atomic E-state index is 11.8. The Morgan fingerprint density at radius 1 is 1.40 bits per heavy atom. The van der Waals surface area contributed by atoms with Crippen LogP contribution >= 0.6 is 0 Å². The van der Waals surface area contributed by atoms with E-state index in [9.17, 15) is 4.79 Å². The zero-order valence-corrected chi connectivity index (χ0v) is 10.8. The number of aliphatic hydroxyl groups is 1. The number of aromatic amines is 1. The van der Waals surface area contributed by atoms with Crippen LogP contribution in [0.2, 0.25) is 0 Å². The average molecular weight is 270 g/mol. The van der Waals surface area contributed by atoms with E-state index in [0.29, 0.717) is 24.2 Å². The van der Waals surface area contributed by atoms with Gasteiger partial charge in [-0.2, -0.15) is 5.10 Å². The number of pyridine rings is 1. The van der Waals surface area contributed by atoms with Crippen LogP contribution in [0.1, 0.15) is 28.0 Å². The molecule has 20 heavy (non-hydrogen) atoms. The van der Waals surface area contributed by atoms with E-state index in [0.717, 1.165) is 5.56 Å². The zero-order chi connectivity index (χ0) is 14.2. The number of hydrogen-bond acceptors (Lipinski definition) is 4. The first-order valence-corrected chi connectivity index (χ1v) is 6.11. The third-order valence-electron chi connectivity index (χ3n) is 2.47. The molecule has 3 N–H and O–H groups in total. The molecule has 0 bridgehead atoms. The molecular formula is C14H14N4O2. The largest absolute Gasteiger partial charge is 0.395 e. The summed E-state index contributed by atoms with van der Waals surface area (Å²) in [6.07, 6.45) is 5.32. The van der Waals surface area contributed by atoms with Crippen molar-refractivity contribution in [1.29, 1.82) is 0 Å². The average Bonchev–Trinajstić information content (AvgIpc) is 2.99. The highest BCUT2D eigenvalue weighted by atomic mass is 16.2. The molecule has 1 amide bonds. The Labute approximate surface area is 116 Å². The Morgan fingerprint density at radius 2 is 2.30 bits per heavy atom. The lowest BCUT2D eigenvalue weighted by molar-refractivity contribution is 0.0946. The molecule has 0 spiro atoms. The van der Waals surface area contributed by atoms with Gasteiger partial charge in [0.1, 0.15) is 5.69 Å². The van der Waals surface area contributed by atoms with Gasteiger partial charge in [0.05, 0.1) is 12.8 Å². The van der Waals surface area contributed by atoms with Gasteiger partial charge in [-0.15, -0.1) is 0 Å². The molecule has 2 rings (SSSR count). The van der Waals surface area contributed by atoms with Crippen molar-refractivity contribution in [3.05, 3.63) is 47.5 Å². The third kappa shape index (κ3) is 3.93. The maximum Gasteiger partial charge on any atom is 0.270 e. The van der Waals surface area contributed by atoms with Crippen LogP contribution < -0.4 is 5.32 Å². The van der Waals surface area contributed by atoms with Gasteiger partial charge in [0, 0.05) is 36.5 Å². The number of amides is 1. The summed E-state index contributed by atoms with van der Waals surface area (Å²) in [6, 6.07) is 3.35. The number of H-pyrrole nitrogens is 1. The minimum absolute atomic E-state index is 0.0366. The normalized spacial score (nSPS) is 9.65. The molecule has 0 radical (unpaired) electrons. The molecule has 0 aromatic carbocycles. The molecule has 0 fully saturated rings. The van der Waals surface area contributed by atoms with Crippen LogP contribution in [0.25, 0.3) is 0 Å². The Bertz CT molecular complexity index is 609. The molecule has 0 aliphatic rings. The van der Waals surface area contributed by atoms with Gasteiger partial charge in [-0.3, -0.25) is 9.89 Å². The van der Waals surface area contributed by atoms with Crippen molar-refractivity contribution in [3.8, 4) is 11.8 Å². The summed E-state index contributed by atoms with van der Waals surface area (Å²) >= 11 is 0. The van der Waals surface area contributed by atoms with Crippen LogP contribution in [0.5, 0.6) is 0 Å². The van der Waals surface area contributed by atoms with Crippen molar-refractivity contribution in [2.45, 2.75) is 13.0 Å². The second kappa shape index (κ2) is 7.07. The van der Waals surface area contributed by atoms with Gasteiger partial charge >= 0.3 is 0 Å². The molecule has 2 heterocycles. The number of carbonyl (C=O) groups excluding carboxylic acids is 1. The van der Waals surface area contributed by atoms with Crippen LogP contribution in [0.15, 0.2) is 30.7 Å². The van der Waals surface area contributed by atoms with E-state index in [1.807, 2.05) is 0 Å². The van der Waals surface area contributed by atoms with E-state index in [-0.39, 0.29) is 12.5 Å². The third-order valence-corrected chi connectivity index (χ3v) is 2.47. The minimum atomic E-state index is -0.249. The number of aliphatic hydroxyl groups excluding tert-OH is 1. The molecule has 0 saturated carbocycles. The second-order valence-electron chi connectivity index (χ2n) is 4.00. The lowest BCUT2D eigenvalue weighted by Gasteiger charge is -2.02. The van der Waals surface area contributed by atoms with Crippen LogP contribution in [-0.2, 0) is 6.54 Å². The zero-order valence-electron chi connectivity index (χ0n) is 10.8. The predicted molar refractivity (Wildman–Crippen MR) is 72.6 cm³/mol. The number of rotatable bonds is 4. The monoisotopic (exact) mass is 270 g/mol. The predicted octanol–water partition coefficient (Wildman–Crippen LogP) is 0.469. The molecule has 0 unspecified atom stereocenters. The lowest BCUT2D eigenvalue weighted by atomic mass is 10.2. The Balaban J connectivity index is 1.92. The fourth-order valence-electron chi connectivity index (χ4n) is 1.47. The first-order valence-electron chi connectivity index (χ1n) is 6.11. The molecule has 0 atom stereocenters. The molecule has 102 valence electrons. The molecule has 0 aliphatic carbocycles. The van der Waals surface area contributed by atoms with E-state index in [1.165, 1.54) is 6.20 Å². The molecule has 0 aliphatic heterocycles. The quantitative estimate of drug-likeness (QED) is 0.704. The smallest absolute Gasteiger partial charge is 0.270 e. The standard InChI is InChI=1S/C14H14N4O2/c19-6-2-1-3-11-4-5-13(15-7-11)14(20)16-8-12-9-17-18-10-12/h4-5,7,9-10,19H,2,6,8H2,(H,16,20)(H,17,18). The highest BCUT2D eigenvalue weighted by Gasteiger charge is 2.06. The fourth-order valence-corrected chi connectivity index (χ4v) is 1.47. The van der Waals surface area contributed by atoms with E-state index >= 15 is 0 Å². The second-order valence-corrected chi connectivity index (χ2v) is 4.00. The highest BCUT2D eigenvalue weighted by Crippen LogP contribution is 2.00. The molecule has 0 saturated heterocycles. The van der Waals surface area contributed by atoms with E-state index < -0.39 is 0 Å². The van der Waals surface area contributed by atoms with Gasteiger partial charge in [0.25, 0.3) is 5.91 Å². The van der Waals surface area contributed by atoms with Gasteiger partial charge in [-0.05, 0) is 12.1 Å². The summed E-state index contributed by atoms with van der Waals surface area (Å²) in [5, 5.41) is 17.8. The minimum Gasteiger partial charge on any atom is -0.395 e. The number of aromatic nitrogens is 3. The topological polar surface area (TPSA) is 90.9 Å².